The Kier molecular flexibility index (Phi) is 5.71. The number of aryl methyl sites for hydroxylation is 1. The lowest BCUT2D eigenvalue weighted by atomic mass is 9.89. The van der Waals surface area contributed by atoms with E-state index >= 15 is 0 Å². The van der Waals surface area contributed by atoms with Gasteiger partial charge in [-0.3, -0.25) is 0 Å². The van der Waals surface area contributed by atoms with E-state index in [1.807, 2.05) is 44.4 Å². The fraction of sp³-hybridized carbons (Fsp3) is 0.500. The van der Waals surface area contributed by atoms with Gasteiger partial charge in [-0.15, -0.1) is 11.8 Å². The third kappa shape index (κ3) is 4.39. The van der Waals surface area contributed by atoms with E-state index in [4.69, 9.17) is 4.74 Å². The summed E-state index contributed by atoms with van der Waals surface area (Å²) in [5.41, 5.74) is 4.96. The van der Waals surface area contributed by atoms with E-state index in [2.05, 4.69) is 22.3 Å². The summed E-state index contributed by atoms with van der Waals surface area (Å²) in [5, 5.41) is 3.52. The number of piperidine rings is 1. The number of carbonyl (C=O) groups excluding carboxylic acids is 1. The highest BCUT2D eigenvalue weighted by molar-refractivity contribution is 7.99. The summed E-state index contributed by atoms with van der Waals surface area (Å²) in [6, 6.07) is 9.72. The normalized spacial score (nSPS) is 21.8. The predicted octanol–water partition coefficient (Wildman–Crippen LogP) is 6.29. The van der Waals surface area contributed by atoms with E-state index in [0.29, 0.717) is 12.6 Å². The molecule has 3 heterocycles. The number of benzene rings is 2. The first-order chi connectivity index (χ1) is 15.7. The molecule has 0 aromatic heterocycles. The molecule has 0 saturated carbocycles. The Morgan fingerprint density at radius 2 is 2.03 bits per heavy atom. The lowest BCUT2D eigenvalue weighted by Crippen LogP contribution is -2.49. The van der Waals surface area contributed by atoms with Crippen molar-refractivity contribution in [2.24, 2.45) is 0 Å². The van der Waals surface area contributed by atoms with Crippen molar-refractivity contribution < 1.29 is 13.9 Å². The molecule has 0 radical (unpaired) electrons. The number of rotatable bonds is 2. The number of halogens is 1. The van der Waals surface area contributed by atoms with Crippen LogP contribution in [0.25, 0.3) is 0 Å². The van der Waals surface area contributed by atoms with Gasteiger partial charge in [0.2, 0.25) is 0 Å². The van der Waals surface area contributed by atoms with Gasteiger partial charge in [-0.25, -0.2) is 9.18 Å². The van der Waals surface area contributed by atoms with Gasteiger partial charge >= 0.3 is 6.09 Å². The number of likely N-dealkylation sites (tertiary alicyclic amines) is 1. The molecule has 7 heteroatoms. The summed E-state index contributed by atoms with van der Waals surface area (Å²) in [4.78, 5) is 18.6. The van der Waals surface area contributed by atoms with Crippen LogP contribution in [0, 0.1) is 12.7 Å². The highest BCUT2D eigenvalue weighted by atomic mass is 32.2. The van der Waals surface area contributed by atoms with E-state index in [-0.39, 0.29) is 17.8 Å². The Labute approximate surface area is 199 Å². The zero-order valence-electron chi connectivity index (χ0n) is 19.8. The molecule has 5 nitrogen and oxygen atoms in total. The molecule has 2 atom stereocenters. The minimum Gasteiger partial charge on any atom is -0.444 e. The van der Waals surface area contributed by atoms with Crippen LogP contribution in [0.1, 0.15) is 50.7 Å². The van der Waals surface area contributed by atoms with E-state index in [1.54, 1.807) is 12.1 Å². The first-order valence-electron chi connectivity index (χ1n) is 11.8. The van der Waals surface area contributed by atoms with Crippen LogP contribution >= 0.6 is 11.8 Å². The monoisotopic (exact) mass is 469 g/mol. The first kappa shape index (κ1) is 22.4. The molecule has 0 spiro atoms. The molecule has 1 N–H and O–H groups in total. The Balaban J connectivity index is 1.48. The van der Waals surface area contributed by atoms with Crippen LogP contribution in [-0.4, -0.2) is 48.0 Å². The van der Waals surface area contributed by atoms with Gasteiger partial charge in [-0.2, -0.15) is 0 Å². The molecular weight excluding hydrogens is 437 g/mol. The largest absolute Gasteiger partial charge is 0.444 e. The van der Waals surface area contributed by atoms with Crippen molar-refractivity contribution in [2.45, 2.75) is 63.0 Å². The van der Waals surface area contributed by atoms with E-state index in [0.717, 1.165) is 48.6 Å². The summed E-state index contributed by atoms with van der Waals surface area (Å²) in [6.45, 7) is 10.1. The maximum atomic E-state index is 13.6. The minimum absolute atomic E-state index is 0.223. The average Bonchev–Trinajstić information content (AvgIpc) is 2.89. The molecule has 2 aromatic carbocycles. The number of anilines is 3. The fourth-order valence-electron chi connectivity index (χ4n) is 5.30. The number of thioether (sulfide) groups is 1. The van der Waals surface area contributed by atoms with Crippen LogP contribution in [0.3, 0.4) is 0 Å². The Morgan fingerprint density at radius 3 is 2.79 bits per heavy atom. The lowest BCUT2D eigenvalue weighted by molar-refractivity contribution is 0.0189. The standard InChI is InChI=1S/C26H32FN3O2S/c1-16-12-17(27)6-7-21(16)28-18-13-19-20-15-29(25(31)32-26(2,3)4)10-8-22(20)30-9-5-11-33-23(14-18)24(19)30/h6-7,12-14,20,22,28H,5,8-11,15H2,1-4H3/t20-,22-/m0/s1. The number of nitrogens with zero attached hydrogens (tertiary/aromatic N) is 2. The molecule has 1 fully saturated rings. The molecule has 3 aliphatic rings. The van der Waals surface area contributed by atoms with Crippen LogP contribution < -0.4 is 10.2 Å². The number of nitrogens with one attached hydrogen (secondary N) is 1. The van der Waals surface area contributed by atoms with Gasteiger partial charge in [-0.05, 0) is 87.7 Å². The zero-order valence-corrected chi connectivity index (χ0v) is 20.6. The molecule has 5 rings (SSSR count). The Hall–Kier alpha value is -2.41. The second kappa shape index (κ2) is 8.42. The van der Waals surface area contributed by atoms with Crippen molar-refractivity contribution in [3.05, 3.63) is 47.3 Å². The predicted molar refractivity (Wildman–Crippen MR) is 133 cm³/mol. The summed E-state index contributed by atoms with van der Waals surface area (Å²) in [5.74, 6) is 1.13. The molecule has 3 aliphatic heterocycles. The molecule has 2 aromatic rings. The topological polar surface area (TPSA) is 44.8 Å². The summed E-state index contributed by atoms with van der Waals surface area (Å²) < 4.78 is 19.3. The zero-order chi connectivity index (χ0) is 23.3. The van der Waals surface area contributed by atoms with Crippen molar-refractivity contribution in [1.82, 2.24) is 4.90 Å². The molecule has 33 heavy (non-hydrogen) atoms. The number of carbonyl (C=O) groups is 1. The summed E-state index contributed by atoms with van der Waals surface area (Å²) in [6.07, 6.45) is 1.87. The highest BCUT2D eigenvalue weighted by Crippen LogP contribution is 2.52. The summed E-state index contributed by atoms with van der Waals surface area (Å²) >= 11 is 1.91. The van der Waals surface area contributed by atoms with Gasteiger partial charge in [0, 0.05) is 47.9 Å². The number of amides is 1. The van der Waals surface area contributed by atoms with Crippen molar-refractivity contribution in [2.75, 3.05) is 35.6 Å². The third-order valence-electron chi connectivity index (χ3n) is 6.69. The first-order valence-corrected chi connectivity index (χ1v) is 12.8. The molecule has 1 amide bonds. The molecule has 0 bridgehead atoms. The molecule has 0 unspecified atom stereocenters. The number of hydrogen-bond acceptors (Lipinski definition) is 5. The van der Waals surface area contributed by atoms with Crippen LogP contribution in [0.4, 0.5) is 26.2 Å². The van der Waals surface area contributed by atoms with Crippen LogP contribution in [-0.2, 0) is 4.74 Å². The third-order valence-corrected chi connectivity index (χ3v) is 7.80. The van der Waals surface area contributed by atoms with Crippen LogP contribution in [0.5, 0.6) is 0 Å². The fourth-order valence-corrected chi connectivity index (χ4v) is 6.37. The van der Waals surface area contributed by atoms with Gasteiger partial charge in [0.15, 0.2) is 0 Å². The molecule has 0 aliphatic carbocycles. The van der Waals surface area contributed by atoms with Gasteiger partial charge in [-0.1, -0.05) is 0 Å². The lowest BCUT2D eigenvalue weighted by Gasteiger charge is -2.39. The second-order valence-electron chi connectivity index (χ2n) is 10.3. The smallest absolute Gasteiger partial charge is 0.410 e. The quantitative estimate of drug-likeness (QED) is 0.560. The van der Waals surface area contributed by atoms with E-state index < -0.39 is 5.60 Å². The van der Waals surface area contributed by atoms with E-state index in [9.17, 15) is 9.18 Å². The number of ether oxygens (including phenoxy) is 1. The Bertz CT molecular complexity index is 1080. The van der Waals surface area contributed by atoms with Crippen LogP contribution in [0.2, 0.25) is 0 Å². The SMILES string of the molecule is Cc1cc(F)ccc1Nc1cc2c3c(c1)[C@@H]1CN(C(=O)OC(C)(C)C)CC[C@@H]1N3CCCS2. The molecule has 176 valence electrons. The average molecular weight is 470 g/mol. The minimum atomic E-state index is -0.498. The van der Waals surface area contributed by atoms with Crippen LogP contribution in [0.15, 0.2) is 35.2 Å². The molecule has 1 saturated heterocycles. The number of hydrogen-bond donors (Lipinski definition) is 1. The Morgan fingerprint density at radius 1 is 1.21 bits per heavy atom. The summed E-state index contributed by atoms with van der Waals surface area (Å²) in [7, 11) is 0. The van der Waals surface area contributed by atoms with Gasteiger partial charge in [0.25, 0.3) is 0 Å². The highest BCUT2D eigenvalue weighted by Gasteiger charge is 2.45. The second-order valence-corrected chi connectivity index (χ2v) is 11.4. The van der Waals surface area contributed by atoms with E-state index in [1.165, 1.54) is 22.2 Å². The van der Waals surface area contributed by atoms with Gasteiger partial charge in [0.1, 0.15) is 11.4 Å². The number of fused-ring (bicyclic) bond motifs is 3. The maximum Gasteiger partial charge on any atom is 0.410 e. The van der Waals surface area contributed by atoms with Crippen molar-refractivity contribution >= 4 is 34.9 Å². The van der Waals surface area contributed by atoms with Gasteiger partial charge < -0.3 is 19.9 Å². The molecular formula is C26H32FN3O2S. The van der Waals surface area contributed by atoms with Crippen molar-refractivity contribution in [3.8, 4) is 0 Å². The van der Waals surface area contributed by atoms with Crippen molar-refractivity contribution in [1.29, 1.82) is 0 Å². The van der Waals surface area contributed by atoms with Gasteiger partial charge in [0.05, 0.1) is 5.69 Å². The maximum absolute atomic E-state index is 13.6. The van der Waals surface area contributed by atoms with Crippen molar-refractivity contribution in [3.63, 3.8) is 0 Å².